The summed E-state index contributed by atoms with van der Waals surface area (Å²) >= 11 is 0. The maximum Gasteiger partial charge on any atom is 0.239 e. The number of benzene rings is 1. The second-order valence-electron chi connectivity index (χ2n) is 6.05. The molecule has 1 saturated heterocycles. The summed E-state index contributed by atoms with van der Waals surface area (Å²) in [5.74, 6) is 0.722. The molecule has 23 heavy (non-hydrogen) atoms. The fourth-order valence-corrected chi connectivity index (χ4v) is 2.75. The van der Waals surface area contributed by atoms with Crippen LogP contribution < -0.4 is 5.32 Å². The maximum absolute atomic E-state index is 12.3. The third-order valence-corrected chi connectivity index (χ3v) is 4.06. The summed E-state index contributed by atoms with van der Waals surface area (Å²) in [5, 5.41) is 7.47. The van der Waals surface area contributed by atoms with Gasteiger partial charge < -0.3 is 10.2 Å². The van der Waals surface area contributed by atoms with Gasteiger partial charge in [-0.3, -0.25) is 9.69 Å². The molecule has 0 saturated carbocycles. The van der Waals surface area contributed by atoms with Gasteiger partial charge in [0.15, 0.2) is 0 Å². The van der Waals surface area contributed by atoms with E-state index < -0.39 is 0 Å². The Balaban J connectivity index is 1.67. The Hall–Kier alpha value is -2.18. The lowest BCUT2D eigenvalue weighted by atomic mass is 10.3. The number of carbonyl (C=O) groups is 1. The molecular formula is C17H23N5O. The van der Waals surface area contributed by atoms with Crippen LogP contribution >= 0.6 is 0 Å². The molecule has 0 spiro atoms. The molecule has 0 radical (unpaired) electrons. The minimum Gasteiger partial charge on any atom is -0.309 e. The molecule has 1 aromatic heterocycles. The standard InChI is InChI=1S/C17H23N5O/c1-14-12-16(22(19-14)15-6-4-3-5-7-15)18-17(23)13-21-10-8-20(2)9-11-21/h3-7,12H,8-11,13H2,1-2H3,(H,18,23). The number of aryl methyl sites for hydroxylation is 1. The van der Waals surface area contributed by atoms with Gasteiger partial charge in [0.2, 0.25) is 5.91 Å². The van der Waals surface area contributed by atoms with E-state index in [1.165, 1.54) is 0 Å². The van der Waals surface area contributed by atoms with Gasteiger partial charge in [-0.25, -0.2) is 4.68 Å². The molecule has 1 aliphatic heterocycles. The van der Waals surface area contributed by atoms with Crippen molar-refractivity contribution in [3.8, 4) is 5.69 Å². The van der Waals surface area contributed by atoms with Crippen LogP contribution in [0.5, 0.6) is 0 Å². The van der Waals surface area contributed by atoms with Crippen LogP contribution in [0.4, 0.5) is 5.82 Å². The quantitative estimate of drug-likeness (QED) is 0.926. The van der Waals surface area contributed by atoms with Gasteiger partial charge in [0.1, 0.15) is 5.82 Å². The first kappa shape index (κ1) is 15.7. The highest BCUT2D eigenvalue weighted by Crippen LogP contribution is 2.16. The lowest BCUT2D eigenvalue weighted by Crippen LogP contribution is -2.47. The van der Waals surface area contributed by atoms with Crippen molar-refractivity contribution < 1.29 is 4.79 Å². The molecule has 6 heteroatoms. The molecule has 2 heterocycles. The summed E-state index contributed by atoms with van der Waals surface area (Å²) in [7, 11) is 2.11. The second kappa shape index (κ2) is 6.93. The van der Waals surface area contributed by atoms with E-state index in [-0.39, 0.29) is 5.91 Å². The largest absolute Gasteiger partial charge is 0.309 e. The third-order valence-electron chi connectivity index (χ3n) is 4.06. The van der Waals surface area contributed by atoms with Crippen molar-refractivity contribution in [2.45, 2.75) is 6.92 Å². The molecule has 1 aromatic carbocycles. The van der Waals surface area contributed by atoms with E-state index in [0.29, 0.717) is 12.4 Å². The minimum absolute atomic E-state index is 0.00614. The van der Waals surface area contributed by atoms with Gasteiger partial charge in [-0.1, -0.05) is 18.2 Å². The van der Waals surface area contributed by atoms with E-state index in [1.807, 2.05) is 43.3 Å². The number of piperazine rings is 1. The van der Waals surface area contributed by atoms with Crippen molar-refractivity contribution in [1.82, 2.24) is 19.6 Å². The van der Waals surface area contributed by atoms with Crippen LogP contribution in [0, 0.1) is 6.92 Å². The normalized spacial score (nSPS) is 16.4. The first-order chi connectivity index (χ1) is 11.1. The number of rotatable bonds is 4. The van der Waals surface area contributed by atoms with E-state index in [2.05, 4.69) is 27.3 Å². The van der Waals surface area contributed by atoms with Crippen LogP contribution in [0.3, 0.4) is 0 Å². The van der Waals surface area contributed by atoms with E-state index >= 15 is 0 Å². The summed E-state index contributed by atoms with van der Waals surface area (Å²) in [6.45, 7) is 6.23. The lowest BCUT2D eigenvalue weighted by Gasteiger charge is -2.31. The van der Waals surface area contributed by atoms with E-state index in [0.717, 1.165) is 37.6 Å². The van der Waals surface area contributed by atoms with Crippen molar-refractivity contribution in [2.75, 3.05) is 45.1 Å². The van der Waals surface area contributed by atoms with E-state index in [9.17, 15) is 4.79 Å². The summed E-state index contributed by atoms with van der Waals surface area (Å²) in [4.78, 5) is 16.8. The van der Waals surface area contributed by atoms with Crippen LogP contribution in [0.1, 0.15) is 5.69 Å². The summed E-state index contributed by atoms with van der Waals surface area (Å²) in [6, 6.07) is 11.7. The smallest absolute Gasteiger partial charge is 0.239 e. The predicted octanol–water partition coefficient (Wildman–Crippen LogP) is 1.37. The fourth-order valence-electron chi connectivity index (χ4n) is 2.75. The van der Waals surface area contributed by atoms with Gasteiger partial charge in [0.05, 0.1) is 17.9 Å². The topological polar surface area (TPSA) is 53.4 Å². The molecule has 3 rings (SSSR count). The van der Waals surface area contributed by atoms with Crippen LogP contribution in [0.15, 0.2) is 36.4 Å². The monoisotopic (exact) mass is 313 g/mol. The van der Waals surface area contributed by atoms with Gasteiger partial charge in [-0.15, -0.1) is 0 Å². The third kappa shape index (κ3) is 3.97. The van der Waals surface area contributed by atoms with E-state index in [1.54, 1.807) is 4.68 Å². The minimum atomic E-state index is 0.00614. The number of likely N-dealkylation sites (N-methyl/N-ethyl adjacent to an activating group) is 1. The zero-order valence-corrected chi connectivity index (χ0v) is 13.7. The number of amides is 1. The van der Waals surface area contributed by atoms with Crippen molar-refractivity contribution in [2.24, 2.45) is 0 Å². The average Bonchev–Trinajstić information content (AvgIpc) is 2.91. The average molecular weight is 313 g/mol. The molecular weight excluding hydrogens is 290 g/mol. The summed E-state index contributed by atoms with van der Waals surface area (Å²) < 4.78 is 1.78. The van der Waals surface area contributed by atoms with Crippen molar-refractivity contribution in [3.63, 3.8) is 0 Å². The Morgan fingerprint density at radius 3 is 2.57 bits per heavy atom. The zero-order chi connectivity index (χ0) is 16.2. The Labute approximate surface area is 136 Å². The highest BCUT2D eigenvalue weighted by molar-refractivity contribution is 5.91. The molecule has 0 atom stereocenters. The van der Waals surface area contributed by atoms with Crippen LogP contribution in [0.25, 0.3) is 5.69 Å². The van der Waals surface area contributed by atoms with Crippen molar-refractivity contribution in [3.05, 3.63) is 42.1 Å². The lowest BCUT2D eigenvalue weighted by molar-refractivity contribution is -0.117. The molecule has 0 aliphatic carbocycles. The zero-order valence-electron chi connectivity index (χ0n) is 13.7. The Morgan fingerprint density at radius 1 is 1.17 bits per heavy atom. The number of anilines is 1. The molecule has 1 fully saturated rings. The number of hydrogen-bond acceptors (Lipinski definition) is 4. The molecule has 1 aliphatic rings. The predicted molar refractivity (Wildman–Crippen MR) is 90.9 cm³/mol. The Morgan fingerprint density at radius 2 is 1.87 bits per heavy atom. The maximum atomic E-state index is 12.3. The SMILES string of the molecule is Cc1cc(NC(=O)CN2CCN(C)CC2)n(-c2ccccc2)n1. The molecule has 1 N–H and O–H groups in total. The number of nitrogens with one attached hydrogen (secondary N) is 1. The number of aromatic nitrogens is 2. The first-order valence-corrected chi connectivity index (χ1v) is 7.94. The van der Waals surface area contributed by atoms with Gasteiger partial charge in [-0.05, 0) is 26.1 Å². The van der Waals surface area contributed by atoms with Gasteiger partial charge in [-0.2, -0.15) is 5.10 Å². The molecule has 1 amide bonds. The van der Waals surface area contributed by atoms with Gasteiger partial charge >= 0.3 is 0 Å². The first-order valence-electron chi connectivity index (χ1n) is 7.94. The fraction of sp³-hybridized carbons (Fsp3) is 0.412. The highest BCUT2D eigenvalue weighted by atomic mass is 16.2. The molecule has 122 valence electrons. The van der Waals surface area contributed by atoms with Crippen molar-refractivity contribution in [1.29, 1.82) is 0 Å². The molecule has 0 bridgehead atoms. The molecule has 2 aromatic rings. The van der Waals surface area contributed by atoms with Crippen LogP contribution in [-0.4, -0.2) is 65.3 Å². The molecule has 0 unspecified atom stereocenters. The second-order valence-corrected chi connectivity index (χ2v) is 6.05. The number of para-hydroxylation sites is 1. The number of nitrogens with zero attached hydrogens (tertiary/aromatic N) is 4. The van der Waals surface area contributed by atoms with Gasteiger partial charge in [0, 0.05) is 32.2 Å². The Kier molecular flexibility index (Phi) is 4.73. The summed E-state index contributed by atoms with van der Waals surface area (Å²) in [5.41, 5.74) is 1.82. The number of hydrogen-bond donors (Lipinski definition) is 1. The van der Waals surface area contributed by atoms with E-state index in [4.69, 9.17) is 0 Å². The highest BCUT2D eigenvalue weighted by Gasteiger charge is 2.18. The van der Waals surface area contributed by atoms with Crippen molar-refractivity contribution >= 4 is 11.7 Å². The summed E-state index contributed by atoms with van der Waals surface area (Å²) in [6.07, 6.45) is 0. The Bertz CT molecular complexity index is 659. The molecule has 6 nitrogen and oxygen atoms in total. The van der Waals surface area contributed by atoms with Crippen LogP contribution in [-0.2, 0) is 4.79 Å². The number of carbonyl (C=O) groups excluding carboxylic acids is 1. The van der Waals surface area contributed by atoms with Crippen LogP contribution in [0.2, 0.25) is 0 Å². The van der Waals surface area contributed by atoms with Gasteiger partial charge in [0.25, 0.3) is 0 Å².